The highest BCUT2D eigenvalue weighted by atomic mass is 32.1. The van der Waals surface area contributed by atoms with Crippen molar-refractivity contribution in [2.75, 3.05) is 13.7 Å². The summed E-state index contributed by atoms with van der Waals surface area (Å²) in [7, 11) is 1.62. The number of hydrogen-bond acceptors (Lipinski definition) is 5. The van der Waals surface area contributed by atoms with E-state index in [9.17, 15) is 5.11 Å². The number of benzene rings is 1. The van der Waals surface area contributed by atoms with Gasteiger partial charge in [0.15, 0.2) is 0 Å². The van der Waals surface area contributed by atoms with E-state index < -0.39 is 0 Å². The van der Waals surface area contributed by atoms with Crippen LogP contribution in [0.25, 0.3) is 0 Å². The highest BCUT2D eigenvalue weighted by Gasteiger charge is 2.11. The zero-order valence-electron chi connectivity index (χ0n) is 11.1. The summed E-state index contributed by atoms with van der Waals surface area (Å²) in [6.07, 6.45) is 2.71. The van der Waals surface area contributed by atoms with E-state index in [1.54, 1.807) is 30.6 Å². The second kappa shape index (κ2) is 6.54. The molecule has 4 nitrogen and oxygen atoms in total. The number of aromatic hydroxyl groups is 1. The van der Waals surface area contributed by atoms with Gasteiger partial charge in [-0.3, -0.25) is 0 Å². The van der Waals surface area contributed by atoms with Crippen LogP contribution in [0.15, 0.2) is 29.8 Å². The number of nitrogens with one attached hydrogen (secondary N) is 1. The zero-order valence-corrected chi connectivity index (χ0v) is 11.9. The van der Waals surface area contributed by atoms with Crippen molar-refractivity contribution in [1.82, 2.24) is 10.3 Å². The summed E-state index contributed by atoms with van der Waals surface area (Å²) < 4.78 is 5.18. The van der Waals surface area contributed by atoms with Crippen molar-refractivity contribution in [3.8, 4) is 11.5 Å². The molecule has 1 unspecified atom stereocenters. The summed E-state index contributed by atoms with van der Waals surface area (Å²) in [5.74, 6) is 1.04. The molecule has 0 fully saturated rings. The SMILES string of the molecule is COc1ccc(O)c(C(C)NCCc2nccs2)c1. The minimum Gasteiger partial charge on any atom is -0.508 e. The second-order valence-electron chi connectivity index (χ2n) is 4.28. The van der Waals surface area contributed by atoms with Crippen molar-refractivity contribution >= 4 is 11.3 Å². The van der Waals surface area contributed by atoms with Crippen LogP contribution >= 0.6 is 11.3 Å². The lowest BCUT2D eigenvalue weighted by Gasteiger charge is -2.16. The fourth-order valence-electron chi connectivity index (χ4n) is 1.89. The van der Waals surface area contributed by atoms with Crippen LogP contribution in [0.1, 0.15) is 23.5 Å². The fraction of sp³-hybridized carbons (Fsp3) is 0.357. The largest absolute Gasteiger partial charge is 0.508 e. The van der Waals surface area contributed by atoms with Gasteiger partial charge in [-0.15, -0.1) is 11.3 Å². The van der Waals surface area contributed by atoms with Gasteiger partial charge in [0, 0.05) is 36.1 Å². The molecule has 0 saturated carbocycles. The molecule has 0 amide bonds. The summed E-state index contributed by atoms with van der Waals surface area (Å²) in [5, 5.41) is 16.4. The number of rotatable bonds is 6. The minimum absolute atomic E-state index is 0.0649. The molecule has 1 aromatic heterocycles. The predicted octanol–water partition coefficient (Wildman–Crippen LogP) is 2.75. The first-order chi connectivity index (χ1) is 9.20. The molecule has 0 saturated heterocycles. The van der Waals surface area contributed by atoms with Crippen molar-refractivity contribution in [1.29, 1.82) is 0 Å². The minimum atomic E-state index is 0.0649. The quantitative estimate of drug-likeness (QED) is 0.853. The maximum atomic E-state index is 9.88. The van der Waals surface area contributed by atoms with Crippen LogP contribution in [-0.2, 0) is 6.42 Å². The normalized spacial score (nSPS) is 12.3. The van der Waals surface area contributed by atoms with E-state index in [4.69, 9.17) is 4.74 Å². The lowest BCUT2D eigenvalue weighted by atomic mass is 10.1. The van der Waals surface area contributed by atoms with Gasteiger partial charge in [-0.05, 0) is 25.1 Å². The molecule has 19 heavy (non-hydrogen) atoms. The van der Waals surface area contributed by atoms with Gasteiger partial charge in [-0.25, -0.2) is 4.98 Å². The lowest BCUT2D eigenvalue weighted by molar-refractivity contribution is 0.407. The number of hydrogen-bond donors (Lipinski definition) is 2. The molecular weight excluding hydrogens is 260 g/mol. The van der Waals surface area contributed by atoms with E-state index in [1.165, 1.54) is 0 Å². The first kappa shape index (κ1) is 13.8. The highest BCUT2D eigenvalue weighted by Crippen LogP contribution is 2.28. The molecule has 0 aliphatic heterocycles. The Morgan fingerprint density at radius 2 is 2.32 bits per heavy atom. The Balaban J connectivity index is 1.93. The Kier molecular flexibility index (Phi) is 4.76. The topological polar surface area (TPSA) is 54.4 Å². The Hall–Kier alpha value is -1.59. The van der Waals surface area contributed by atoms with Crippen molar-refractivity contribution in [3.05, 3.63) is 40.3 Å². The van der Waals surface area contributed by atoms with Gasteiger partial charge in [0.1, 0.15) is 11.5 Å². The Morgan fingerprint density at radius 3 is 3.00 bits per heavy atom. The average molecular weight is 278 g/mol. The molecule has 0 aliphatic carbocycles. The molecule has 5 heteroatoms. The van der Waals surface area contributed by atoms with Crippen molar-refractivity contribution in [2.45, 2.75) is 19.4 Å². The highest BCUT2D eigenvalue weighted by molar-refractivity contribution is 7.09. The summed E-state index contributed by atoms with van der Waals surface area (Å²) in [6, 6.07) is 5.33. The fourth-order valence-corrected chi connectivity index (χ4v) is 2.51. The molecule has 0 spiro atoms. The van der Waals surface area contributed by atoms with Gasteiger partial charge in [0.2, 0.25) is 0 Å². The number of methoxy groups -OCH3 is 1. The predicted molar refractivity (Wildman–Crippen MR) is 76.9 cm³/mol. The summed E-state index contributed by atoms with van der Waals surface area (Å²) in [5.41, 5.74) is 0.846. The molecule has 1 atom stereocenters. The average Bonchev–Trinajstić information content (AvgIpc) is 2.92. The van der Waals surface area contributed by atoms with E-state index in [1.807, 2.05) is 24.6 Å². The van der Waals surface area contributed by atoms with Gasteiger partial charge < -0.3 is 15.2 Å². The van der Waals surface area contributed by atoms with Crippen LogP contribution in [-0.4, -0.2) is 23.7 Å². The van der Waals surface area contributed by atoms with Gasteiger partial charge >= 0.3 is 0 Å². The van der Waals surface area contributed by atoms with Gasteiger partial charge in [-0.2, -0.15) is 0 Å². The van der Waals surface area contributed by atoms with Crippen LogP contribution in [0, 0.1) is 0 Å². The van der Waals surface area contributed by atoms with Crippen LogP contribution in [0.5, 0.6) is 11.5 Å². The number of phenols is 1. The molecule has 2 N–H and O–H groups in total. The van der Waals surface area contributed by atoms with Crippen LogP contribution < -0.4 is 10.1 Å². The third-order valence-electron chi connectivity index (χ3n) is 2.97. The number of aromatic nitrogens is 1. The lowest BCUT2D eigenvalue weighted by Crippen LogP contribution is -2.21. The van der Waals surface area contributed by atoms with E-state index in [-0.39, 0.29) is 11.8 Å². The van der Waals surface area contributed by atoms with Gasteiger partial charge in [0.05, 0.1) is 12.1 Å². The number of thiazole rings is 1. The second-order valence-corrected chi connectivity index (χ2v) is 5.26. The smallest absolute Gasteiger partial charge is 0.120 e. The monoisotopic (exact) mass is 278 g/mol. The Bertz CT molecular complexity index is 514. The molecule has 0 aliphatic rings. The standard InChI is InChI=1S/C14H18N2O2S/c1-10(15-6-5-14-16-7-8-19-14)12-9-11(18-2)3-4-13(12)17/h3-4,7-10,15,17H,5-6H2,1-2H3. The number of nitrogens with zero attached hydrogens (tertiary/aromatic N) is 1. The number of ether oxygens (including phenoxy) is 1. The molecular formula is C14H18N2O2S. The van der Waals surface area contributed by atoms with E-state index in [0.717, 1.165) is 29.3 Å². The van der Waals surface area contributed by atoms with Crippen molar-refractivity contribution in [3.63, 3.8) is 0 Å². The van der Waals surface area contributed by atoms with Gasteiger partial charge in [-0.1, -0.05) is 0 Å². The first-order valence-electron chi connectivity index (χ1n) is 6.19. The Morgan fingerprint density at radius 1 is 1.47 bits per heavy atom. The molecule has 0 bridgehead atoms. The van der Waals surface area contributed by atoms with E-state index >= 15 is 0 Å². The van der Waals surface area contributed by atoms with Crippen LogP contribution in [0.4, 0.5) is 0 Å². The molecule has 2 aromatic rings. The Labute approximate surface area is 117 Å². The maximum Gasteiger partial charge on any atom is 0.120 e. The molecule has 0 radical (unpaired) electrons. The summed E-state index contributed by atoms with van der Waals surface area (Å²) in [4.78, 5) is 4.24. The van der Waals surface area contributed by atoms with E-state index in [0.29, 0.717) is 0 Å². The maximum absolute atomic E-state index is 9.88. The van der Waals surface area contributed by atoms with Crippen LogP contribution in [0.3, 0.4) is 0 Å². The molecule has 1 heterocycles. The molecule has 1 aromatic carbocycles. The zero-order chi connectivity index (χ0) is 13.7. The molecule has 102 valence electrons. The third kappa shape index (κ3) is 3.68. The number of phenolic OH excluding ortho intramolecular Hbond substituents is 1. The van der Waals surface area contributed by atoms with E-state index in [2.05, 4.69) is 10.3 Å². The van der Waals surface area contributed by atoms with Crippen molar-refractivity contribution in [2.24, 2.45) is 0 Å². The third-order valence-corrected chi connectivity index (χ3v) is 3.81. The van der Waals surface area contributed by atoms with Crippen molar-refractivity contribution < 1.29 is 9.84 Å². The van der Waals surface area contributed by atoms with Crippen LogP contribution in [0.2, 0.25) is 0 Å². The molecule has 2 rings (SSSR count). The summed E-state index contributed by atoms with van der Waals surface area (Å²) in [6.45, 7) is 2.85. The first-order valence-corrected chi connectivity index (χ1v) is 7.07. The van der Waals surface area contributed by atoms with Gasteiger partial charge in [0.25, 0.3) is 0 Å². The summed E-state index contributed by atoms with van der Waals surface area (Å²) >= 11 is 1.66.